The molecule has 0 heterocycles. The van der Waals surface area contributed by atoms with Gasteiger partial charge in [-0.05, 0) is 45.4 Å². The minimum Gasteiger partial charge on any atom is -0.481 e. The molecule has 2 N–H and O–H groups in total. The summed E-state index contributed by atoms with van der Waals surface area (Å²) in [4.78, 5) is 23.2. The Morgan fingerprint density at radius 3 is 2.35 bits per heavy atom. The molecule has 0 unspecified atom stereocenters. The van der Waals surface area contributed by atoms with Crippen LogP contribution in [0.15, 0.2) is 24.3 Å². The van der Waals surface area contributed by atoms with Crippen LogP contribution in [0.5, 0.6) is 0 Å². The third-order valence-corrected chi connectivity index (χ3v) is 3.38. The summed E-state index contributed by atoms with van der Waals surface area (Å²) in [6, 6.07) is 5.83. The third kappa shape index (κ3) is 3.56. The summed E-state index contributed by atoms with van der Waals surface area (Å²) in [5.74, 6) is -1.73. The molecule has 0 saturated carbocycles. The average Bonchev–Trinajstić information content (AvgIpc) is 2.35. The first-order valence-corrected chi connectivity index (χ1v) is 6.35. The molecule has 0 bridgehead atoms. The zero-order valence-electron chi connectivity index (χ0n) is 12.2. The maximum atomic E-state index is 13.2. The first kappa shape index (κ1) is 16.1. The molecule has 1 aromatic rings. The summed E-state index contributed by atoms with van der Waals surface area (Å²) in [7, 11) is 0. The summed E-state index contributed by atoms with van der Waals surface area (Å²) < 4.78 is 13.2. The molecule has 1 rings (SSSR count). The van der Waals surface area contributed by atoms with Crippen LogP contribution in [0.4, 0.5) is 4.39 Å². The van der Waals surface area contributed by atoms with Crippen LogP contribution in [0.25, 0.3) is 0 Å². The van der Waals surface area contributed by atoms with Gasteiger partial charge in [0, 0.05) is 6.54 Å². The van der Waals surface area contributed by atoms with Crippen LogP contribution in [0, 0.1) is 11.2 Å². The molecule has 0 saturated heterocycles. The van der Waals surface area contributed by atoms with Crippen molar-refractivity contribution in [2.45, 2.75) is 33.1 Å². The molecule has 0 spiro atoms. The normalized spacial score (nSPS) is 12.1. The highest BCUT2D eigenvalue weighted by atomic mass is 19.1. The fourth-order valence-electron chi connectivity index (χ4n) is 1.61. The highest BCUT2D eigenvalue weighted by Crippen LogP contribution is 2.24. The molecule has 1 amide bonds. The quantitative estimate of drug-likeness (QED) is 0.870. The summed E-state index contributed by atoms with van der Waals surface area (Å²) in [5, 5.41) is 11.6. The Bertz CT molecular complexity index is 524. The molecule has 0 aliphatic carbocycles. The van der Waals surface area contributed by atoms with Crippen molar-refractivity contribution < 1.29 is 19.1 Å². The molecule has 0 atom stereocenters. The first-order valence-electron chi connectivity index (χ1n) is 6.35. The number of hydrogen-bond donors (Lipinski definition) is 2. The van der Waals surface area contributed by atoms with Gasteiger partial charge in [-0.2, -0.15) is 0 Å². The highest BCUT2D eigenvalue weighted by molar-refractivity contribution is 5.87. The van der Waals surface area contributed by atoms with E-state index in [0.29, 0.717) is 5.56 Å². The fraction of sp³-hybridized carbons (Fsp3) is 0.467. The third-order valence-electron chi connectivity index (χ3n) is 3.38. The van der Waals surface area contributed by atoms with Crippen LogP contribution in [-0.2, 0) is 15.0 Å². The molecule has 110 valence electrons. The molecule has 5 heteroatoms. The van der Waals surface area contributed by atoms with E-state index in [9.17, 15) is 14.0 Å². The monoisotopic (exact) mass is 281 g/mol. The van der Waals surface area contributed by atoms with Crippen LogP contribution in [0.3, 0.4) is 0 Å². The number of carboxylic acids is 1. The van der Waals surface area contributed by atoms with Crippen molar-refractivity contribution in [3.63, 3.8) is 0 Å². The molecule has 20 heavy (non-hydrogen) atoms. The van der Waals surface area contributed by atoms with Crippen molar-refractivity contribution in [2.75, 3.05) is 6.54 Å². The van der Waals surface area contributed by atoms with Crippen molar-refractivity contribution in [2.24, 2.45) is 5.41 Å². The lowest BCUT2D eigenvalue weighted by molar-refractivity contribution is -0.146. The minimum absolute atomic E-state index is 0.0138. The minimum atomic E-state index is -1.05. The molecule has 1 aromatic carbocycles. The van der Waals surface area contributed by atoms with E-state index < -0.39 is 22.6 Å². The molecule has 0 fully saturated rings. The maximum Gasteiger partial charge on any atom is 0.310 e. The summed E-state index contributed by atoms with van der Waals surface area (Å²) in [6.07, 6.45) is 0. The van der Waals surface area contributed by atoms with Gasteiger partial charge in [-0.3, -0.25) is 9.59 Å². The zero-order chi connectivity index (χ0) is 15.6. The Morgan fingerprint density at radius 2 is 1.85 bits per heavy atom. The summed E-state index contributed by atoms with van der Waals surface area (Å²) in [6.45, 7) is 6.42. The van der Waals surface area contributed by atoms with E-state index in [1.54, 1.807) is 26.0 Å². The number of rotatable bonds is 5. The van der Waals surface area contributed by atoms with Crippen molar-refractivity contribution in [1.82, 2.24) is 5.32 Å². The molecule has 0 radical (unpaired) electrons. The molecule has 0 aliphatic heterocycles. The van der Waals surface area contributed by atoms with Gasteiger partial charge in [0.1, 0.15) is 5.82 Å². The largest absolute Gasteiger partial charge is 0.481 e. The maximum absolute atomic E-state index is 13.2. The smallest absolute Gasteiger partial charge is 0.310 e. The molecular formula is C15H20FNO3. The number of carbonyl (C=O) groups excluding carboxylic acids is 1. The Hall–Kier alpha value is -1.91. The highest BCUT2D eigenvalue weighted by Gasteiger charge is 2.33. The molecule has 4 nitrogen and oxygen atoms in total. The standard InChI is InChI=1S/C15H20FNO3/c1-14(2,13(19)20)9-17-12(18)15(3,4)10-6-5-7-11(16)8-10/h5-8H,9H2,1-4H3,(H,17,18)(H,19,20). The number of aliphatic carboxylic acids is 1. The molecular weight excluding hydrogens is 261 g/mol. The van der Waals surface area contributed by atoms with Gasteiger partial charge in [0.25, 0.3) is 0 Å². The van der Waals surface area contributed by atoms with E-state index in [0.717, 1.165) is 0 Å². The van der Waals surface area contributed by atoms with Crippen molar-refractivity contribution in [3.8, 4) is 0 Å². The SMILES string of the molecule is CC(C)(CNC(=O)C(C)(C)c1cccc(F)c1)C(=O)O. The average molecular weight is 281 g/mol. The van der Waals surface area contributed by atoms with E-state index in [-0.39, 0.29) is 12.5 Å². The topological polar surface area (TPSA) is 66.4 Å². The van der Waals surface area contributed by atoms with E-state index in [2.05, 4.69) is 5.32 Å². The van der Waals surface area contributed by atoms with E-state index in [1.165, 1.54) is 26.0 Å². The van der Waals surface area contributed by atoms with Crippen LogP contribution < -0.4 is 5.32 Å². The second kappa shape index (κ2) is 5.61. The van der Waals surface area contributed by atoms with Gasteiger partial charge in [-0.25, -0.2) is 4.39 Å². The predicted octanol–water partition coefficient (Wildman–Crippen LogP) is 2.33. The van der Waals surface area contributed by atoms with Gasteiger partial charge in [-0.15, -0.1) is 0 Å². The Balaban J connectivity index is 2.83. The van der Waals surface area contributed by atoms with Gasteiger partial charge in [-0.1, -0.05) is 12.1 Å². The fourth-order valence-corrected chi connectivity index (χ4v) is 1.61. The van der Waals surface area contributed by atoms with Crippen molar-refractivity contribution in [3.05, 3.63) is 35.6 Å². The predicted molar refractivity (Wildman–Crippen MR) is 73.9 cm³/mol. The van der Waals surface area contributed by atoms with Gasteiger partial charge < -0.3 is 10.4 Å². The van der Waals surface area contributed by atoms with Crippen molar-refractivity contribution in [1.29, 1.82) is 0 Å². The Morgan fingerprint density at radius 1 is 1.25 bits per heavy atom. The van der Waals surface area contributed by atoms with Gasteiger partial charge in [0.05, 0.1) is 10.8 Å². The second-order valence-electron chi connectivity index (χ2n) is 6.01. The lowest BCUT2D eigenvalue weighted by Gasteiger charge is -2.27. The van der Waals surface area contributed by atoms with E-state index in [4.69, 9.17) is 5.11 Å². The second-order valence-corrected chi connectivity index (χ2v) is 6.01. The van der Waals surface area contributed by atoms with Crippen LogP contribution in [-0.4, -0.2) is 23.5 Å². The van der Waals surface area contributed by atoms with Gasteiger partial charge in [0.2, 0.25) is 5.91 Å². The lowest BCUT2D eigenvalue weighted by atomic mass is 9.83. The number of halogens is 1. The van der Waals surface area contributed by atoms with Crippen LogP contribution in [0.2, 0.25) is 0 Å². The van der Waals surface area contributed by atoms with Gasteiger partial charge in [0.15, 0.2) is 0 Å². The number of carbonyl (C=O) groups is 2. The molecule has 0 aromatic heterocycles. The van der Waals surface area contributed by atoms with E-state index >= 15 is 0 Å². The first-order chi connectivity index (χ1) is 9.07. The number of carboxylic acid groups (broad SMARTS) is 1. The van der Waals surface area contributed by atoms with E-state index in [1.807, 2.05) is 0 Å². The molecule has 0 aliphatic rings. The lowest BCUT2D eigenvalue weighted by Crippen LogP contribution is -2.45. The number of benzene rings is 1. The van der Waals surface area contributed by atoms with Crippen molar-refractivity contribution >= 4 is 11.9 Å². The number of amides is 1. The van der Waals surface area contributed by atoms with Crippen LogP contribution >= 0.6 is 0 Å². The van der Waals surface area contributed by atoms with Crippen LogP contribution in [0.1, 0.15) is 33.3 Å². The summed E-state index contributed by atoms with van der Waals surface area (Å²) in [5.41, 5.74) is -1.44. The van der Waals surface area contributed by atoms with Gasteiger partial charge >= 0.3 is 5.97 Å². The number of hydrogen-bond acceptors (Lipinski definition) is 2. The Kier molecular flexibility index (Phi) is 4.53. The zero-order valence-corrected chi connectivity index (χ0v) is 12.2. The Labute approximate surface area is 118 Å². The summed E-state index contributed by atoms with van der Waals surface area (Å²) >= 11 is 0. The number of nitrogens with one attached hydrogen (secondary N) is 1.